The van der Waals surface area contributed by atoms with E-state index in [0.717, 1.165) is 5.56 Å². The molecule has 1 aromatic heterocycles. The molecule has 0 saturated heterocycles. The summed E-state index contributed by atoms with van der Waals surface area (Å²) in [5.74, 6) is -0.492. The summed E-state index contributed by atoms with van der Waals surface area (Å²) in [5.41, 5.74) is 7.88. The zero-order valence-corrected chi connectivity index (χ0v) is 13.4. The van der Waals surface area contributed by atoms with Crippen molar-refractivity contribution >= 4 is 23.2 Å². The fourth-order valence-electron chi connectivity index (χ4n) is 1.97. The predicted molar refractivity (Wildman–Crippen MR) is 89.3 cm³/mol. The van der Waals surface area contributed by atoms with Crippen LogP contribution in [0, 0.1) is 12.8 Å². The van der Waals surface area contributed by atoms with Gasteiger partial charge in [0.25, 0.3) is 5.91 Å². The lowest BCUT2D eigenvalue weighted by molar-refractivity contribution is -0.119. The Morgan fingerprint density at radius 3 is 2.48 bits per heavy atom. The molecule has 0 aliphatic rings. The fourth-order valence-corrected chi connectivity index (χ4v) is 1.97. The standard InChI is InChI=1S/C17H21N3O3/c1-10-9-13(19-16(21)11(2)12(3)18)6-7-14(10)20-17(22)15-5-4-8-23-15/h4-9,11-12H,18H2,1-3H3,(H,19,21)(H,20,22). The summed E-state index contributed by atoms with van der Waals surface area (Å²) < 4.78 is 5.05. The summed E-state index contributed by atoms with van der Waals surface area (Å²) in [6, 6.07) is 8.29. The van der Waals surface area contributed by atoms with Gasteiger partial charge in [0.05, 0.1) is 12.2 Å². The van der Waals surface area contributed by atoms with Gasteiger partial charge in [0.2, 0.25) is 5.91 Å². The average molecular weight is 315 g/mol. The molecule has 0 spiro atoms. The van der Waals surface area contributed by atoms with Crippen LogP contribution in [0.2, 0.25) is 0 Å². The van der Waals surface area contributed by atoms with Crippen molar-refractivity contribution in [3.63, 3.8) is 0 Å². The number of amides is 2. The Morgan fingerprint density at radius 1 is 1.17 bits per heavy atom. The second-order valence-electron chi connectivity index (χ2n) is 5.60. The van der Waals surface area contributed by atoms with Gasteiger partial charge in [0, 0.05) is 17.4 Å². The van der Waals surface area contributed by atoms with E-state index in [2.05, 4.69) is 10.6 Å². The van der Waals surface area contributed by atoms with Crippen molar-refractivity contribution in [3.05, 3.63) is 47.9 Å². The second kappa shape index (κ2) is 7.11. The molecule has 1 heterocycles. The zero-order valence-electron chi connectivity index (χ0n) is 13.4. The van der Waals surface area contributed by atoms with Crippen molar-refractivity contribution in [3.8, 4) is 0 Å². The molecule has 2 amide bonds. The van der Waals surface area contributed by atoms with Gasteiger partial charge in [-0.25, -0.2) is 0 Å². The number of carbonyl (C=O) groups is 2. The van der Waals surface area contributed by atoms with Crippen LogP contribution in [0.5, 0.6) is 0 Å². The van der Waals surface area contributed by atoms with Crippen LogP contribution in [0.4, 0.5) is 11.4 Å². The van der Waals surface area contributed by atoms with Gasteiger partial charge in [-0.15, -0.1) is 0 Å². The highest BCUT2D eigenvalue weighted by atomic mass is 16.3. The van der Waals surface area contributed by atoms with E-state index in [4.69, 9.17) is 10.2 Å². The molecular formula is C17H21N3O3. The lowest BCUT2D eigenvalue weighted by atomic mass is 10.0. The van der Waals surface area contributed by atoms with Crippen LogP contribution in [0.3, 0.4) is 0 Å². The van der Waals surface area contributed by atoms with Crippen LogP contribution in [0.15, 0.2) is 41.0 Å². The van der Waals surface area contributed by atoms with E-state index in [1.165, 1.54) is 6.26 Å². The molecular weight excluding hydrogens is 294 g/mol. The molecule has 0 aliphatic carbocycles. The topological polar surface area (TPSA) is 97.4 Å². The quantitative estimate of drug-likeness (QED) is 0.790. The highest BCUT2D eigenvalue weighted by molar-refractivity contribution is 6.03. The molecule has 0 radical (unpaired) electrons. The number of hydrogen-bond donors (Lipinski definition) is 3. The summed E-state index contributed by atoms with van der Waals surface area (Å²) in [4.78, 5) is 24.0. The van der Waals surface area contributed by atoms with Gasteiger partial charge in [-0.3, -0.25) is 9.59 Å². The minimum absolute atomic E-state index is 0.133. The first-order valence-corrected chi connectivity index (χ1v) is 7.40. The first kappa shape index (κ1) is 16.8. The maximum absolute atomic E-state index is 12.0. The molecule has 2 rings (SSSR count). The molecule has 23 heavy (non-hydrogen) atoms. The Balaban J connectivity index is 2.06. The molecule has 0 fully saturated rings. The number of nitrogens with two attached hydrogens (primary N) is 1. The fraction of sp³-hybridized carbons (Fsp3) is 0.294. The van der Waals surface area contributed by atoms with Gasteiger partial charge in [-0.2, -0.15) is 0 Å². The van der Waals surface area contributed by atoms with Gasteiger partial charge >= 0.3 is 0 Å². The van der Waals surface area contributed by atoms with E-state index in [1.54, 1.807) is 44.2 Å². The van der Waals surface area contributed by atoms with E-state index in [9.17, 15) is 9.59 Å². The molecule has 6 nitrogen and oxygen atoms in total. The van der Waals surface area contributed by atoms with Crippen molar-refractivity contribution in [1.82, 2.24) is 0 Å². The molecule has 2 unspecified atom stereocenters. The summed E-state index contributed by atoms with van der Waals surface area (Å²) >= 11 is 0. The number of anilines is 2. The number of rotatable bonds is 5. The summed E-state index contributed by atoms with van der Waals surface area (Å²) in [7, 11) is 0. The minimum Gasteiger partial charge on any atom is -0.459 e. The lowest BCUT2D eigenvalue weighted by Gasteiger charge is -2.16. The molecule has 0 saturated carbocycles. The summed E-state index contributed by atoms with van der Waals surface area (Å²) in [6.07, 6.45) is 1.44. The van der Waals surface area contributed by atoms with E-state index in [-0.39, 0.29) is 29.5 Å². The zero-order chi connectivity index (χ0) is 17.0. The molecule has 4 N–H and O–H groups in total. The van der Waals surface area contributed by atoms with E-state index in [1.807, 2.05) is 6.92 Å². The van der Waals surface area contributed by atoms with Crippen LogP contribution in [0.25, 0.3) is 0 Å². The second-order valence-corrected chi connectivity index (χ2v) is 5.60. The van der Waals surface area contributed by atoms with Gasteiger partial charge in [0.1, 0.15) is 0 Å². The molecule has 0 aliphatic heterocycles. The number of carbonyl (C=O) groups excluding carboxylic acids is 2. The Bertz CT molecular complexity index is 693. The molecule has 2 atom stereocenters. The van der Waals surface area contributed by atoms with E-state index in [0.29, 0.717) is 11.4 Å². The van der Waals surface area contributed by atoms with Crippen molar-refractivity contribution in [2.75, 3.05) is 10.6 Å². The number of nitrogens with one attached hydrogen (secondary N) is 2. The third-order valence-corrected chi connectivity index (χ3v) is 3.69. The van der Waals surface area contributed by atoms with Crippen LogP contribution >= 0.6 is 0 Å². The normalized spacial score (nSPS) is 13.2. The lowest BCUT2D eigenvalue weighted by Crippen LogP contribution is -2.34. The largest absolute Gasteiger partial charge is 0.459 e. The van der Waals surface area contributed by atoms with Crippen LogP contribution in [-0.2, 0) is 4.79 Å². The van der Waals surface area contributed by atoms with Crippen molar-refractivity contribution < 1.29 is 14.0 Å². The smallest absolute Gasteiger partial charge is 0.291 e. The highest BCUT2D eigenvalue weighted by Gasteiger charge is 2.17. The van der Waals surface area contributed by atoms with E-state index >= 15 is 0 Å². The Labute approximate surface area is 135 Å². The van der Waals surface area contributed by atoms with Crippen LogP contribution in [-0.4, -0.2) is 17.9 Å². The Morgan fingerprint density at radius 2 is 1.91 bits per heavy atom. The molecule has 122 valence electrons. The molecule has 0 bridgehead atoms. The molecule has 1 aromatic carbocycles. The summed E-state index contributed by atoms with van der Waals surface area (Å²) in [6.45, 7) is 5.43. The Hall–Kier alpha value is -2.60. The summed E-state index contributed by atoms with van der Waals surface area (Å²) in [5, 5.41) is 5.59. The monoisotopic (exact) mass is 315 g/mol. The number of furan rings is 1. The van der Waals surface area contributed by atoms with Gasteiger partial charge < -0.3 is 20.8 Å². The average Bonchev–Trinajstić information content (AvgIpc) is 3.03. The maximum Gasteiger partial charge on any atom is 0.291 e. The Kier molecular flexibility index (Phi) is 5.18. The van der Waals surface area contributed by atoms with E-state index < -0.39 is 0 Å². The maximum atomic E-state index is 12.0. The molecule has 6 heteroatoms. The predicted octanol–water partition coefficient (Wildman–Crippen LogP) is 2.76. The van der Waals surface area contributed by atoms with Crippen LogP contribution in [0.1, 0.15) is 30.0 Å². The number of aryl methyl sites for hydroxylation is 1. The third kappa shape index (κ3) is 4.20. The van der Waals surface area contributed by atoms with Crippen molar-refractivity contribution in [1.29, 1.82) is 0 Å². The highest BCUT2D eigenvalue weighted by Crippen LogP contribution is 2.21. The first-order chi connectivity index (χ1) is 10.9. The first-order valence-electron chi connectivity index (χ1n) is 7.40. The SMILES string of the molecule is Cc1cc(NC(=O)C(C)C(C)N)ccc1NC(=O)c1ccco1. The van der Waals surface area contributed by atoms with Gasteiger partial charge in [0.15, 0.2) is 5.76 Å². The number of hydrogen-bond acceptors (Lipinski definition) is 4. The van der Waals surface area contributed by atoms with Gasteiger partial charge in [-0.05, 0) is 49.7 Å². The number of benzene rings is 1. The van der Waals surface area contributed by atoms with Gasteiger partial charge in [-0.1, -0.05) is 6.92 Å². The van der Waals surface area contributed by atoms with Crippen molar-refractivity contribution in [2.24, 2.45) is 11.7 Å². The van der Waals surface area contributed by atoms with Crippen LogP contribution < -0.4 is 16.4 Å². The minimum atomic E-state index is -0.319. The molecule has 2 aromatic rings. The third-order valence-electron chi connectivity index (χ3n) is 3.69. The van der Waals surface area contributed by atoms with Crippen molar-refractivity contribution in [2.45, 2.75) is 26.8 Å².